The number of hydrogen-bond acceptors (Lipinski definition) is 31. The topological polar surface area (TPSA) is 624 Å². The van der Waals surface area contributed by atoms with Crippen molar-refractivity contribution in [1.82, 2.24) is 39.2 Å². The molecular formula is C72H92N12O29. The lowest BCUT2D eigenvalue weighted by molar-refractivity contribution is -0.144. The number of phenols is 3. The van der Waals surface area contributed by atoms with Gasteiger partial charge in [0.15, 0.2) is 11.6 Å². The van der Waals surface area contributed by atoms with Crippen LogP contribution in [0.1, 0.15) is 89.4 Å². The largest absolute Gasteiger partial charge is 0.507 e. The molecule has 614 valence electrons. The van der Waals surface area contributed by atoms with Crippen LogP contribution in [-0.4, -0.2) is 383 Å². The van der Waals surface area contributed by atoms with Gasteiger partial charge in [-0.2, -0.15) is 0 Å². The summed E-state index contributed by atoms with van der Waals surface area (Å²) < 4.78 is 0. The second kappa shape index (κ2) is 45.4. The Morgan fingerprint density at radius 1 is 0.274 bits per heavy atom. The average molecular weight is 1590 g/mol. The third-order valence-corrected chi connectivity index (χ3v) is 17.5. The second-order valence-electron chi connectivity index (χ2n) is 26.2. The molecule has 0 unspecified atom stereocenters. The number of anilines is 3. The van der Waals surface area contributed by atoms with Gasteiger partial charge >= 0.3 is 59.7 Å². The van der Waals surface area contributed by atoms with E-state index in [1.165, 1.54) is 53.7 Å². The van der Waals surface area contributed by atoms with E-state index in [1.807, 2.05) is 0 Å². The maximum atomic E-state index is 13.7. The molecule has 41 nitrogen and oxygen atoms in total. The normalized spacial score (nSPS) is 12.2. The lowest BCUT2D eigenvalue weighted by atomic mass is 9.81. The summed E-state index contributed by atoms with van der Waals surface area (Å²) in [5, 5.41) is 133. The van der Waals surface area contributed by atoms with Gasteiger partial charge in [-0.05, 0) is 49.2 Å². The molecule has 4 aromatic carbocycles. The van der Waals surface area contributed by atoms with E-state index < -0.39 is 160 Å². The van der Waals surface area contributed by atoms with E-state index in [2.05, 4.69) is 16.0 Å². The number of rotatable bonds is 55. The molecule has 0 amide bonds. The van der Waals surface area contributed by atoms with E-state index >= 15 is 0 Å². The van der Waals surface area contributed by atoms with Crippen molar-refractivity contribution in [3.8, 4) is 17.2 Å². The van der Waals surface area contributed by atoms with Crippen LogP contribution in [0.3, 0.4) is 0 Å². The predicted octanol–water partition coefficient (Wildman–Crippen LogP) is -1.80. The van der Waals surface area contributed by atoms with Gasteiger partial charge in [-0.1, -0.05) is 24.3 Å². The minimum Gasteiger partial charge on any atom is -0.507 e. The van der Waals surface area contributed by atoms with Crippen LogP contribution in [0.5, 0.6) is 17.2 Å². The van der Waals surface area contributed by atoms with Crippen molar-refractivity contribution in [3.05, 3.63) is 105 Å². The first-order valence-electron chi connectivity index (χ1n) is 35.2. The summed E-state index contributed by atoms with van der Waals surface area (Å²) in [6.07, 6.45) is 0.418. The van der Waals surface area contributed by atoms with E-state index in [4.69, 9.17) is 26.2 Å². The predicted molar refractivity (Wildman–Crippen MR) is 395 cm³/mol. The quantitative estimate of drug-likeness (QED) is 0.0148. The van der Waals surface area contributed by atoms with Crippen LogP contribution in [0.15, 0.2) is 60.7 Å². The van der Waals surface area contributed by atoms with Crippen molar-refractivity contribution in [2.75, 3.05) is 199 Å². The number of carboxylic acids is 10. The van der Waals surface area contributed by atoms with Crippen LogP contribution in [0.2, 0.25) is 0 Å². The highest BCUT2D eigenvalue weighted by Crippen LogP contribution is 2.43. The first kappa shape index (κ1) is 91.6. The van der Waals surface area contributed by atoms with Gasteiger partial charge < -0.3 is 88.1 Å². The highest BCUT2D eigenvalue weighted by atomic mass is 16.4. The van der Waals surface area contributed by atoms with Crippen LogP contribution >= 0.6 is 0 Å². The number of fused-ring (bicyclic) bond motifs is 4. The molecule has 0 saturated heterocycles. The van der Waals surface area contributed by atoms with Gasteiger partial charge in [0, 0.05) is 146 Å². The Balaban J connectivity index is 0.000000405. The summed E-state index contributed by atoms with van der Waals surface area (Å²) in [7, 11) is 0. The molecule has 0 bridgehead atoms. The number of carboxylic acid groups (broad SMARTS) is 10. The molecule has 0 spiro atoms. The molecule has 2 aliphatic carbocycles. The molecular weight excluding hydrogens is 1500 g/mol. The number of carbonyl (C=O) groups is 16. The Kier molecular flexibility index (Phi) is 36.8. The SMILES string of the molecule is NCCNc1ccc(NCCCC(=O)CN(CCN(CCN(CCN(CC(=O)O)CC(=O)O)CC(=O)O)CC(=O)O)CC(=O)O)c2c1C(=O)c1c(O)ccc(O)c1C2=O.O=C(O)CN(CCN(CCN(CC(=O)O)CC(=O)CCCNc1ccc(O)c2c1C(=O)c1ccccc1C2=O)CC(=O)O)CCN(CC(=O)O)CC(=O)O. The number of carbonyl (C=O) groups excluding carboxylic acids is 6. The van der Waals surface area contributed by atoms with Crippen molar-refractivity contribution >= 4 is 111 Å². The Labute approximate surface area is 644 Å². The summed E-state index contributed by atoms with van der Waals surface area (Å²) >= 11 is 0. The van der Waals surface area contributed by atoms with Crippen LogP contribution in [-0.2, 0) is 57.5 Å². The molecule has 41 heteroatoms. The first-order chi connectivity index (χ1) is 53.5. The maximum absolute atomic E-state index is 13.7. The highest BCUT2D eigenvalue weighted by Gasteiger charge is 2.39. The third kappa shape index (κ3) is 30.3. The Bertz CT molecular complexity index is 4140. The monoisotopic (exact) mass is 1590 g/mol. The molecule has 0 aromatic heterocycles. The third-order valence-electron chi connectivity index (χ3n) is 17.5. The number of hydrogen-bond donors (Lipinski definition) is 17. The first-order valence-corrected chi connectivity index (χ1v) is 35.2. The standard InChI is InChI=1S/C37H49N7O15.C35H43N5O14/c38-7-9-40-24-4-3-23(32-33(24)37(59)35-26(47)6-5-25(46)34(35)36(32)58)39-8-1-2-22(45)16-43(19-29(52)53)14-12-41(17-27(48)49)10-11-42(18-28(50)51)13-15-44(20-30(54)55)21-31(56)57;41-22(4-3-9-36-25-7-8-26(42)33-32(25)34(53)23-5-1-2-6-24(23)35(33)54)16-39(19-29(47)48)14-12-37(17-27(43)44)10-11-38(18-28(45)46)13-15-40(20-30(49)50)21-31(51)52/h3-6,39-40,46-47H,1-2,7-21,38H2,(H,48,49)(H,50,51)(H,52,53)(H,54,55)(H,56,57);1-2,5-8,36,42H,3-4,9-21H2,(H,43,44)(H,45,46)(H,47,48)(H,49,50)(H,51,52). The number of Topliss-reactive ketones (excluding diaryl/α,β-unsaturated/α-hetero) is 2. The molecule has 6 rings (SSSR count). The molecule has 0 radical (unpaired) electrons. The highest BCUT2D eigenvalue weighted by molar-refractivity contribution is 6.34. The lowest BCUT2D eigenvalue weighted by Crippen LogP contribution is -2.46. The minimum atomic E-state index is -1.28. The molecule has 0 heterocycles. The summed E-state index contributed by atoms with van der Waals surface area (Å²) in [5.74, 6) is -16.8. The van der Waals surface area contributed by atoms with E-state index in [0.717, 1.165) is 21.9 Å². The molecule has 0 fully saturated rings. The smallest absolute Gasteiger partial charge is 0.317 e. The number of nitrogens with two attached hydrogens (primary N) is 1. The van der Waals surface area contributed by atoms with Crippen molar-refractivity contribution in [1.29, 1.82) is 0 Å². The van der Waals surface area contributed by atoms with Crippen LogP contribution in [0.25, 0.3) is 0 Å². The van der Waals surface area contributed by atoms with Gasteiger partial charge in [-0.15, -0.1) is 0 Å². The fraction of sp³-hybridized carbons (Fsp3) is 0.444. The van der Waals surface area contributed by atoms with Gasteiger partial charge in [0.1, 0.15) is 28.8 Å². The summed E-state index contributed by atoms with van der Waals surface area (Å²) in [5.41, 5.74) is 5.93. The number of aliphatic carboxylic acids is 10. The zero-order chi connectivity index (χ0) is 83.8. The maximum Gasteiger partial charge on any atom is 0.317 e. The van der Waals surface area contributed by atoms with Crippen molar-refractivity contribution in [3.63, 3.8) is 0 Å². The fourth-order valence-electron chi connectivity index (χ4n) is 12.4. The fourth-order valence-corrected chi connectivity index (χ4v) is 12.4. The molecule has 4 aromatic rings. The van der Waals surface area contributed by atoms with E-state index in [9.17, 15) is 123 Å². The van der Waals surface area contributed by atoms with Gasteiger partial charge in [-0.25, -0.2) is 0 Å². The molecule has 2 aliphatic rings. The van der Waals surface area contributed by atoms with E-state index in [0.29, 0.717) is 5.69 Å². The molecule has 0 aliphatic heterocycles. The van der Waals surface area contributed by atoms with Crippen molar-refractivity contribution in [2.24, 2.45) is 5.73 Å². The Morgan fingerprint density at radius 3 is 0.761 bits per heavy atom. The zero-order valence-electron chi connectivity index (χ0n) is 61.4. The average Bonchev–Trinajstić information content (AvgIpc) is 0.738. The number of nitrogens with one attached hydrogen (secondary N) is 3. The van der Waals surface area contributed by atoms with E-state index in [-0.39, 0.29) is 217 Å². The molecule has 0 saturated carbocycles. The number of ketones is 6. The van der Waals surface area contributed by atoms with Crippen LogP contribution < -0.4 is 21.7 Å². The zero-order valence-corrected chi connectivity index (χ0v) is 61.4. The van der Waals surface area contributed by atoms with Crippen molar-refractivity contribution < 1.29 is 143 Å². The van der Waals surface area contributed by atoms with Gasteiger partial charge in [-0.3, -0.25) is 116 Å². The van der Waals surface area contributed by atoms with Crippen LogP contribution in [0.4, 0.5) is 17.1 Å². The molecule has 18 N–H and O–H groups in total. The molecule has 113 heavy (non-hydrogen) atoms. The van der Waals surface area contributed by atoms with Gasteiger partial charge in [0.25, 0.3) is 0 Å². The Morgan fingerprint density at radius 2 is 0.487 bits per heavy atom. The summed E-state index contributed by atoms with van der Waals surface area (Å²) in [6.45, 7) is -5.83. The second-order valence-corrected chi connectivity index (χ2v) is 26.2. The number of nitrogens with zero attached hydrogens (tertiary/aromatic N) is 8. The van der Waals surface area contributed by atoms with Gasteiger partial charge in [0.05, 0.1) is 112 Å². The number of benzene rings is 4. The van der Waals surface area contributed by atoms with Gasteiger partial charge in [0.2, 0.25) is 11.6 Å². The van der Waals surface area contributed by atoms with E-state index in [1.54, 1.807) is 24.3 Å². The van der Waals surface area contributed by atoms with Crippen molar-refractivity contribution in [2.45, 2.75) is 25.7 Å². The summed E-state index contributed by atoms with van der Waals surface area (Å²) in [4.78, 5) is 204. The number of phenolic OH excluding ortho intramolecular Hbond substituents is 3. The Hall–Kier alpha value is -12.0. The lowest BCUT2D eigenvalue weighted by Gasteiger charge is -2.29. The molecule has 0 atom stereocenters. The minimum absolute atomic E-state index is 0.00137. The summed E-state index contributed by atoms with van der Waals surface area (Å²) in [6, 6.07) is 14.3. The number of aromatic hydroxyl groups is 3. The van der Waals surface area contributed by atoms with Crippen LogP contribution in [0, 0.1) is 0 Å².